The first-order valence-electron chi connectivity index (χ1n) is 5.98. The highest BCUT2D eigenvalue weighted by Gasteiger charge is 2.29. The first-order chi connectivity index (χ1) is 8.22. The zero-order valence-electron chi connectivity index (χ0n) is 11.7. The molecule has 0 saturated carbocycles. The maximum Gasteiger partial charge on any atom is 0.232 e. The van der Waals surface area contributed by atoms with E-state index in [0.29, 0.717) is 6.54 Å². The van der Waals surface area contributed by atoms with Gasteiger partial charge in [-0.3, -0.25) is 9.59 Å². The minimum Gasteiger partial charge on any atom is -0.393 e. The van der Waals surface area contributed by atoms with Crippen LogP contribution < -0.4 is 11.1 Å². The summed E-state index contributed by atoms with van der Waals surface area (Å²) in [4.78, 5) is 25.3. The fourth-order valence-electron chi connectivity index (χ4n) is 1.80. The first-order valence-corrected chi connectivity index (χ1v) is 6.39. The van der Waals surface area contributed by atoms with Crippen LogP contribution in [0.1, 0.15) is 20.8 Å². The van der Waals surface area contributed by atoms with Crippen molar-refractivity contribution in [3.8, 4) is 0 Å². The molecule has 0 aliphatic carbocycles. The van der Waals surface area contributed by atoms with E-state index in [1.54, 1.807) is 21.0 Å². The zero-order valence-corrected chi connectivity index (χ0v) is 12.5. The number of hydrogen-bond acceptors (Lipinski definition) is 3. The highest BCUT2D eigenvalue weighted by Crippen LogP contribution is 2.15. The van der Waals surface area contributed by atoms with Crippen molar-refractivity contribution in [2.75, 3.05) is 20.6 Å². The van der Waals surface area contributed by atoms with Crippen LogP contribution in [0.25, 0.3) is 0 Å². The summed E-state index contributed by atoms with van der Waals surface area (Å²) in [5.74, 6) is -0.905. The summed E-state index contributed by atoms with van der Waals surface area (Å²) in [5.41, 5.74) is 5.60. The van der Waals surface area contributed by atoms with Gasteiger partial charge in [0.1, 0.15) is 0 Å². The van der Waals surface area contributed by atoms with Crippen LogP contribution in [-0.4, -0.2) is 42.3 Å². The lowest BCUT2D eigenvalue weighted by Crippen LogP contribution is -2.44. The maximum absolute atomic E-state index is 12.2. The van der Waals surface area contributed by atoms with Gasteiger partial charge < -0.3 is 16.0 Å². The monoisotopic (exact) mass is 273 g/mol. The number of amides is 2. The maximum atomic E-state index is 12.2. The predicted molar refractivity (Wildman–Crippen MR) is 76.0 cm³/mol. The molecule has 5 nitrogen and oxygen atoms in total. The lowest BCUT2D eigenvalue weighted by Gasteiger charge is -2.27. The number of nitrogens with zero attached hydrogens (tertiary/aromatic N) is 1. The SMILES string of the molecule is CNC(=O)C(C)CN(C)C(=O)C(C(N)=S)C(C)C. The van der Waals surface area contributed by atoms with Gasteiger partial charge in [-0.05, 0) is 5.92 Å². The molecular formula is C12H23N3O2S. The van der Waals surface area contributed by atoms with E-state index in [9.17, 15) is 9.59 Å². The summed E-state index contributed by atoms with van der Waals surface area (Å²) in [6.45, 7) is 5.92. The Bertz CT molecular complexity index is 331. The molecule has 0 aliphatic rings. The van der Waals surface area contributed by atoms with Crippen LogP contribution in [0.2, 0.25) is 0 Å². The lowest BCUT2D eigenvalue weighted by molar-refractivity contribution is -0.134. The molecule has 0 radical (unpaired) electrons. The summed E-state index contributed by atoms with van der Waals surface area (Å²) in [6.07, 6.45) is 0. The van der Waals surface area contributed by atoms with Gasteiger partial charge in [0.2, 0.25) is 11.8 Å². The van der Waals surface area contributed by atoms with Crippen molar-refractivity contribution in [2.45, 2.75) is 20.8 Å². The van der Waals surface area contributed by atoms with Crippen molar-refractivity contribution in [3.63, 3.8) is 0 Å². The molecule has 2 amide bonds. The van der Waals surface area contributed by atoms with Crippen molar-refractivity contribution in [1.29, 1.82) is 0 Å². The van der Waals surface area contributed by atoms with Crippen molar-refractivity contribution in [1.82, 2.24) is 10.2 Å². The third-order valence-electron chi connectivity index (χ3n) is 2.86. The van der Waals surface area contributed by atoms with Crippen LogP contribution in [0.3, 0.4) is 0 Å². The highest BCUT2D eigenvalue weighted by molar-refractivity contribution is 7.80. The van der Waals surface area contributed by atoms with Crippen LogP contribution in [-0.2, 0) is 9.59 Å². The molecule has 18 heavy (non-hydrogen) atoms. The van der Waals surface area contributed by atoms with Crippen LogP contribution in [0.5, 0.6) is 0 Å². The summed E-state index contributed by atoms with van der Waals surface area (Å²) >= 11 is 4.93. The molecular weight excluding hydrogens is 250 g/mol. The second kappa shape index (κ2) is 7.31. The van der Waals surface area contributed by atoms with Gasteiger partial charge in [0.05, 0.1) is 16.8 Å². The molecule has 6 heteroatoms. The molecule has 0 aromatic carbocycles. The third-order valence-corrected chi connectivity index (χ3v) is 3.11. The van der Waals surface area contributed by atoms with E-state index >= 15 is 0 Å². The standard InChI is InChI=1S/C12H23N3O2S/c1-7(2)9(10(13)18)12(17)15(5)6-8(3)11(16)14-4/h7-9H,6H2,1-5H3,(H2,13,18)(H,14,16). The second-order valence-electron chi connectivity index (χ2n) is 4.86. The Morgan fingerprint density at radius 3 is 2.17 bits per heavy atom. The molecule has 0 fully saturated rings. The summed E-state index contributed by atoms with van der Waals surface area (Å²) in [5, 5.41) is 2.56. The summed E-state index contributed by atoms with van der Waals surface area (Å²) in [6, 6.07) is 0. The topological polar surface area (TPSA) is 75.4 Å². The van der Waals surface area contributed by atoms with Crippen LogP contribution in [0.4, 0.5) is 0 Å². The first kappa shape index (κ1) is 16.8. The van der Waals surface area contributed by atoms with Gasteiger partial charge in [0, 0.05) is 20.6 Å². The van der Waals surface area contributed by atoms with Crippen LogP contribution in [0.15, 0.2) is 0 Å². The van der Waals surface area contributed by atoms with Crippen molar-refractivity contribution < 1.29 is 9.59 Å². The van der Waals surface area contributed by atoms with E-state index in [0.717, 1.165) is 0 Å². The van der Waals surface area contributed by atoms with Gasteiger partial charge in [-0.1, -0.05) is 33.0 Å². The third kappa shape index (κ3) is 4.60. The molecule has 2 unspecified atom stereocenters. The number of nitrogens with one attached hydrogen (secondary N) is 1. The molecule has 0 aromatic heterocycles. The quantitative estimate of drug-likeness (QED) is 0.686. The molecule has 0 aromatic rings. The average Bonchev–Trinajstić information content (AvgIpc) is 2.26. The Morgan fingerprint density at radius 2 is 1.83 bits per heavy atom. The lowest BCUT2D eigenvalue weighted by atomic mass is 9.94. The van der Waals surface area contributed by atoms with Gasteiger partial charge >= 0.3 is 0 Å². The van der Waals surface area contributed by atoms with E-state index in [1.807, 2.05) is 13.8 Å². The molecule has 0 heterocycles. The van der Waals surface area contributed by atoms with Gasteiger partial charge in [0.25, 0.3) is 0 Å². The van der Waals surface area contributed by atoms with Crippen LogP contribution >= 0.6 is 12.2 Å². The molecule has 0 aliphatic heterocycles. The molecule has 0 spiro atoms. The van der Waals surface area contributed by atoms with Gasteiger partial charge in [-0.25, -0.2) is 0 Å². The second-order valence-corrected chi connectivity index (χ2v) is 5.33. The van der Waals surface area contributed by atoms with Gasteiger partial charge in [-0.2, -0.15) is 0 Å². The Balaban J connectivity index is 4.68. The number of rotatable bonds is 6. The summed E-state index contributed by atoms with van der Waals surface area (Å²) < 4.78 is 0. The molecule has 0 saturated heterocycles. The minimum atomic E-state index is -0.470. The number of nitrogens with two attached hydrogens (primary N) is 1. The summed E-state index contributed by atoms with van der Waals surface area (Å²) in [7, 11) is 3.24. The van der Waals surface area contributed by atoms with Crippen molar-refractivity contribution in [2.24, 2.45) is 23.5 Å². The smallest absolute Gasteiger partial charge is 0.232 e. The van der Waals surface area contributed by atoms with E-state index in [1.165, 1.54) is 4.90 Å². The zero-order chi connectivity index (χ0) is 14.5. The van der Waals surface area contributed by atoms with E-state index in [4.69, 9.17) is 18.0 Å². The Hall–Kier alpha value is -1.17. The molecule has 2 atom stereocenters. The number of hydrogen-bond donors (Lipinski definition) is 2. The Morgan fingerprint density at radius 1 is 1.33 bits per heavy atom. The Labute approximate surface area is 114 Å². The Kier molecular flexibility index (Phi) is 6.83. The van der Waals surface area contributed by atoms with Crippen molar-refractivity contribution in [3.05, 3.63) is 0 Å². The van der Waals surface area contributed by atoms with E-state index in [-0.39, 0.29) is 28.6 Å². The van der Waals surface area contributed by atoms with Gasteiger partial charge in [-0.15, -0.1) is 0 Å². The number of thiocarbonyl (C=S) groups is 1. The van der Waals surface area contributed by atoms with E-state index in [2.05, 4.69) is 5.32 Å². The van der Waals surface area contributed by atoms with Gasteiger partial charge in [0.15, 0.2) is 0 Å². The molecule has 0 rings (SSSR count). The largest absolute Gasteiger partial charge is 0.393 e. The molecule has 104 valence electrons. The molecule has 3 N–H and O–H groups in total. The van der Waals surface area contributed by atoms with Crippen LogP contribution in [0, 0.1) is 17.8 Å². The highest BCUT2D eigenvalue weighted by atomic mass is 32.1. The fourth-order valence-corrected chi connectivity index (χ4v) is 2.18. The average molecular weight is 273 g/mol. The normalized spacial score (nSPS) is 13.9. The minimum absolute atomic E-state index is 0.0488. The molecule has 0 bridgehead atoms. The number of carbonyl (C=O) groups is 2. The predicted octanol–water partition coefficient (Wildman–Crippen LogP) is 0.385. The van der Waals surface area contributed by atoms with Crippen molar-refractivity contribution >= 4 is 29.0 Å². The number of carbonyl (C=O) groups excluding carboxylic acids is 2. The fraction of sp³-hybridized carbons (Fsp3) is 0.750. The van der Waals surface area contributed by atoms with E-state index < -0.39 is 5.92 Å².